The number of aromatic nitrogens is 4. The molecule has 4 nitrogen and oxygen atoms in total. The Labute approximate surface area is 311 Å². The van der Waals surface area contributed by atoms with E-state index >= 15 is 0 Å². The minimum atomic E-state index is -0.0467. The third-order valence-corrected chi connectivity index (χ3v) is 10.9. The molecule has 0 N–H and O–H groups in total. The quantitative estimate of drug-likeness (QED) is 0.181. The molecule has 0 atom stereocenters. The van der Waals surface area contributed by atoms with Gasteiger partial charge in [0.2, 0.25) is 0 Å². The van der Waals surface area contributed by atoms with E-state index in [1.54, 1.807) is 0 Å². The van der Waals surface area contributed by atoms with Crippen LogP contribution in [-0.2, 0) is 11.8 Å². The van der Waals surface area contributed by atoms with Gasteiger partial charge in [-0.15, -0.1) is 0 Å². The lowest BCUT2D eigenvalue weighted by atomic mass is 9.81. The molecule has 0 radical (unpaired) electrons. The van der Waals surface area contributed by atoms with E-state index in [0.717, 1.165) is 34.4 Å². The molecular formula is C49H38N4. The first-order chi connectivity index (χ1) is 25.5. The van der Waals surface area contributed by atoms with E-state index in [0.29, 0.717) is 17.5 Å². The Balaban J connectivity index is 0.00000372. The summed E-state index contributed by atoms with van der Waals surface area (Å²) in [6, 6.07) is 53.6. The first-order valence-electron chi connectivity index (χ1n) is 17.9. The molecule has 10 rings (SSSR count). The van der Waals surface area contributed by atoms with Crippen LogP contribution in [0.25, 0.3) is 78.8 Å². The highest BCUT2D eigenvalue weighted by Crippen LogP contribution is 2.51. The molecule has 0 unspecified atom stereocenters. The van der Waals surface area contributed by atoms with Crippen molar-refractivity contribution in [2.45, 2.75) is 33.1 Å². The number of nitrogens with zero attached hydrogens (tertiary/aromatic N) is 4. The monoisotopic (exact) mass is 682 g/mol. The highest BCUT2D eigenvalue weighted by Gasteiger charge is 2.35. The largest absolute Gasteiger partial charge is 0.256 e. The lowest BCUT2D eigenvalue weighted by Crippen LogP contribution is -2.14. The van der Waals surface area contributed by atoms with Gasteiger partial charge in [-0.05, 0) is 80.3 Å². The summed E-state index contributed by atoms with van der Waals surface area (Å²) in [7, 11) is 0. The molecular weight excluding hydrogens is 645 g/mol. The minimum absolute atomic E-state index is 0. The summed E-state index contributed by atoms with van der Waals surface area (Å²) < 4.78 is 0. The Morgan fingerprint density at radius 3 is 1.62 bits per heavy atom. The smallest absolute Gasteiger partial charge is 0.164 e. The lowest BCUT2D eigenvalue weighted by molar-refractivity contribution is 0.660. The normalized spacial score (nSPS) is 13.0. The van der Waals surface area contributed by atoms with Gasteiger partial charge in [0, 0.05) is 33.9 Å². The zero-order valence-corrected chi connectivity index (χ0v) is 29.0. The molecule has 2 aliphatic rings. The molecule has 0 amide bonds. The summed E-state index contributed by atoms with van der Waals surface area (Å²) in [5.74, 6) is 1.91. The molecule has 0 saturated heterocycles. The molecule has 8 aromatic rings. The van der Waals surface area contributed by atoms with Crippen LogP contribution < -0.4 is 0 Å². The molecule has 0 fully saturated rings. The Morgan fingerprint density at radius 2 is 0.943 bits per heavy atom. The predicted octanol–water partition coefficient (Wildman–Crippen LogP) is 12.1. The van der Waals surface area contributed by atoms with Crippen LogP contribution in [0.4, 0.5) is 0 Å². The number of fused-ring (bicyclic) bond motifs is 6. The highest BCUT2D eigenvalue weighted by atomic mass is 15.0. The van der Waals surface area contributed by atoms with Crippen LogP contribution in [0.3, 0.4) is 0 Å². The van der Waals surface area contributed by atoms with Gasteiger partial charge in [0.25, 0.3) is 0 Å². The summed E-state index contributed by atoms with van der Waals surface area (Å²) in [4.78, 5) is 19.8. The molecule has 0 spiro atoms. The van der Waals surface area contributed by atoms with Crippen molar-refractivity contribution in [3.63, 3.8) is 0 Å². The van der Waals surface area contributed by atoms with Crippen molar-refractivity contribution in [1.29, 1.82) is 0 Å². The second-order valence-corrected chi connectivity index (χ2v) is 14.2. The van der Waals surface area contributed by atoms with Gasteiger partial charge in [-0.2, -0.15) is 0 Å². The van der Waals surface area contributed by atoms with Crippen LogP contribution in [0.1, 0.15) is 43.5 Å². The van der Waals surface area contributed by atoms with Crippen LogP contribution in [0.5, 0.6) is 0 Å². The minimum Gasteiger partial charge on any atom is -0.256 e. The average molecular weight is 683 g/mol. The topological polar surface area (TPSA) is 51.6 Å². The Morgan fingerprint density at radius 1 is 0.415 bits per heavy atom. The van der Waals surface area contributed by atoms with E-state index in [4.69, 9.17) is 19.9 Å². The van der Waals surface area contributed by atoms with Crippen LogP contribution in [0, 0.1) is 0 Å². The van der Waals surface area contributed by atoms with E-state index in [-0.39, 0.29) is 12.8 Å². The Hall–Kier alpha value is -6.52. The number of hydrogen-bond donors (Lipinski definition) is 0. The maximum Gasteiger partial charge on any atom is 0.164 e. The third-order valence-electron chi connectivity index (χ3n) is 10.9. The second kappa shape index (κ2) is 12.6. The van der Waals surface area contributed by atoms with Crippen molar-refractivity contribution in [2.24, 2.45) is 0 Å². The van der Waals surface area contributed by atoms with Crippen molar-refractivity contribution in [2.75, 3.05) is 0 Å². The van der Waals surface area contributed by atoms with Crippen molar-refractivity contribution in [1.82, 2.24) is 19.9 Å². The third kappa shape index (κ3) is 5.29. The molecule has 0 saturated carbocycles. The second-order valence-electron chi connectivity index (χ2n) is 14.2. The predicted molar refractivity (Wildman–Crippen MR) is 217 cm³/mol. The van der Waals surface area contributed by atoms with Gasteiger partial charge < -0.3 is 0 Å². The standard InChI is InChI=1S/C48H34N4.CH4/c1-48(2)42-22-10-9-17-37(42)38-24-23-32(27-43(38)48)34-18-11-19-35-36-20-12-21-39(41(36)29-40(34)35)44-28-33(25-26-49-44)47-51-45(30-13-5-3-6-14-30)50-46(52-47)31-15-7-4-8-16-31;/h3-28H,29H2,1-2H3;1H4. The molecule has 254 valence electrons. The number of rotatable bonds is 5. The summed E-state index contributed by atoms with van der Waals surface area (Å²) >= 11 is 0. The fourth-order valence-electron chi connectivity index (χ4n) is 8.27. The van der Waals surface area contributed by atoms with Gasteiger partial charge in [0.05, 0.1) is 5.69 Å². The van der Waals surface area contributed by atoms with Crippen LogP contribution in [0.2, 0.25) is 0 Å². The van der Waals surface area contributed by atoms with Crippen LogP contribution >= 0.6 is 0 Å². The zero-order chi connectivity index (χ0) is 34.8. The lowest BCUT2D eigenvalue weighted by Gasteiger charge is -2.22. The van der Waals surface area contributed by atoms with E-state index in [1.807, 2.05) is 72.9 Å². The summed E-state index contributed by atoms with van der Waals surface area (Å²) in [6.07, 6.45) is 2.71. The van der Waals surface area contributed by atoms with Crippen molar-refractivity contribution >= 4 is 0 Å². The molecule has 4 heteroatoms. The highest BCUT2D eigenvalue weighted by molar-refractivity contribution is 5.91. The van der Waals surface area contributed by atoms with Gasteiger partial charge in [-0.3, -0.25) is 4.98 Å². The van der Waals surface area contributed by atoms with E-state index in [9.17, 15) is 0 Å². The van der Waals surface area contributed by atoms with E-state index in [2.05, 4.69) is 98.8 Å². The van der Waals surface area contributed by atoms with Gasteiger partial charge in [-0.25, -0.2) is 15.0 Å². The van der Waals surface area contributed by atoms with Crippen molar-refractivity contribution in [3.05, 3.63) is 180 Å². The molecule has 0 aliphatic heterocycles. The molecule has 53 heavy (non-hydrogen) atoms. The fourth-order valence-corrected chi connectivity index (χ4v) is 8.27. The van der Waals surface area contributed by atoms with Gasteiger partial charge in [0.1, 0.15) is 0 Å². The van der Waals surface area contributed by atoms with E-state index in [1.165, 1.54) is 55.6 Å². The van der Waals surface area contributed by atoms with Crippen molar-refractivity contribution < 1.29 is 0 Å². The number of hydrogen-bond acceptors (Lipinski definition) is 4. The first kappa shape index (κ1) is 32.4. The maximum atomic E-state index is 4.98. The molecule has 2 aliphatic carbocycles. The molecule has 2 heterocycles. The van der Waals surface area contributed by atoms with E-state index < -0.39 is 0 Å². The Bertz CT molecular complexity index is 2620. The summed E-state index contributed by atoms with van der Waals surface area (Å²) in [6.45, 7) is 4.70. The van der Waals surface area contributed by atoms with Gasteiger partial charge >= 0.3 is 0 Å². The van der Waals surface area contributed by atoms with Gasteiger partial charge in [0.15, 0.2) is 17.5 Å². The zero-order valence-electron chi connectivity index (χ0n) is 29.0. The van der Waals surface area contributed by atoms with Crippen LogP contribution in [-0.4, -0.2) is 19.9 Å². The molecule has 0 bridgehead atoms. The Kier molecular flexibility index (Phi) is 7.71. The maximum absolute atomic E-state index is 4.98. The SMILES string of the molecule is C.CC1(C)c2ccccc2-c2ccc(-c3cccc4c3Cc3c(-c5cc(-c6nc(-c7ccccc7)nc(-c7ccccc7)n6)ccn5)cccc3-4)cc21. The average Bonchev–Trinajstić information content (AvgIpc) is 3.70. The van der Waals surface area contributed by atoms with Gasteiger partial charge in [-0.1, -0.05) is 155 Å². The number of pyridine rings is 1. The first-order valence-corrected chi connectivity index (χ1v) is 17.9. The molecule has 6 aromatic carbocycles. The fraction of sp³-hybridized carbons (Fsp3) is 0.102. The summed E-state index contributed by atoms with van der Waals surface area (Å²) in [5.41, 5.74) is 18.1. The van der Waals surface area contributed by atoms with Crippen LogP contribution in [0.15, 0.2) is 158 Å². The number of benzene rings is 6. The summed E-state index contributed by atoms with van der Waals surface area (Å²) in [5, 5.41) is 0. The molecule has 2 aromatic heterocycles. The van der Waals surface area contributed by atoms with Crippen molar-refractivity contribution in [3.8, 4) is 78.8 Å².